The van der Waals surface area contributed by atoms with Gasteiger partial charge in [0.25, 0.3) is 0 Å². The fourth-order valence-electron chi connectivity index (χ4n) is 1.43. The largest absolute Gasteiger partial charge is 0.264 e. The molecule has 0 aromatic heterocycles. The lowest BCUT2D eigenvalue weighted by atomic mass is 9.97. The van der Waals surface area contributed by atoms with Crippen molar-refractivity contribution in [3.05, 3.63) is 21.8 Å². The van der Waals surface area contributed by atoms with Crippen molar-refractivity contribution in [1.29, 1.82) is 0 Å². The van der Waals surface area contributed by atoms with Crippen molar-refractivity contribution in [3.63, 3.8) is 0 Å². The van der Waals surface area contributed by atoms with Crippen LogP contribution in [0.1, 0.15) is 53.4 Å². The SMILES string of the molecule is CC(C)=CCCC(C)CCC(C)[N+](=O)[O-]. The second kappa shape index (κ2) is 7.43. The maximum Gasteiger partial charge on any atom is 0.210 e. The molecular formula is C12H23NO2. The Morgan fingerprint density at radius 2 is 1.87 bits per heavy atom. The molecule has 0 saturated carbocycles. The molecule has 15 heavy (non-hydrogen) atoms. The van der Waals surface area contributed by atoms with Gasteiger partial charge in [0.05, 0.1) is 0 Å². The Hall–Kier alpha value is -0.860. The molecule has 0 rings (SSSR count). The molecule has 0 spiro atoms. The molecule has 0 radical (unpaired) electrons. The van der Waals surface area contributed by atoms with Gasteiger partial charge in [-0.15, -0.1) is 0 Å². The Morgan fingerprint density at radius 3 is 2.33 bits per heavy atom. The van der Waals surface area contributed by atoms with Crippen molar-refractivity contribution < 1.29 is 4.92 Å². The number of nitro groups is 1. The van der Waals surface area contributed by atoms with Crippen molar-refractivity contribution in [2.24, 2.45) is 5.92 Å². The van der Waals surface area contributed by atoms with Gasteiger partial charge in [-0.1, -0.05) is 18.6 Å². The Morgan fingerprint density at radius 1 is 1.27 bits per heavy atom. The number of hydrogen-bond donors (Lipinski definition) is 0. The molecule has 0 N–H and O–H groups in total. The van der Waals surface area contributed by atoms with Gasteiger partial charge in [0.2, 0.25) is 6.04 Å². The average Bonchev–Trinajstić information content (AvgIpc) is 2.13. The minimum Gasteiger partial charge on any atom is -0.264 e. The molecule has 0 aliphatic heterocycles. The van der Waals surface area contributed by atoms with Gasteiger partial charge in [-0.05, 0) is 39.0 Å². The van der Waals surface area contributed by atoms with Gasteiger partial charge in [-0.2, -0.15) is 0 Å². The van der Waals surface area contributed by atoms with Crippen LogP contribution in [0.25, 0.3) is 0 Å². The van der Waals surface area contributed by atoms with Gasteiger partial charge in [0.15, 0.2) is 0 Å². The first-order valence-electron chi connectivity index (χ1n) is 5.70. The van der Waals surface area contributed by atoms with Gasteiger partial charge in [0, 0.05) is 18.3 Å². The van der Waals surface area contributed by atoms with E-state index in [4.69, 9.17) is 0 Å². The summed E-state index contributed by atoms with van der Waals surface area (Å²) >= 11 is 0. The number of nitrogens with zero attached hydrogens (tertiary/aromatic N) is 1. The fourth-order valence-corrected chi connectivity index (χ4v) is 1.43. The van der Waals surface area contributed by atoms with Crippen LogP contribution in [-0.2, 0) is 0 Å². The van der Waals surface area contributed by atoms with Crippen molar-refractivity contribution in [2.75, 3.05) is 0 Å². The van der Waals surface area contributed by atoms with E-state index in [0.717, 1.165) is 19.3 Å². The molecule has 2 atom stereocenters. The lowest BCUT2D eigenvalue weighted by Crippen LogP contribution is -2.15. The number of hydrogen-bond acceptors (Lipinski definition) is 2. The van der Waals surface area contributed by atoms with Crippen molar-refractivity contribution >= 4 is 0 Å². The first kappa shape index (κ1) is 14.1. The first-order chi connectivity index (χ1) is 6.93. The number of allylic oxidation sites excluding steroid dienone is 2. The van der Waals surface area contributed by atoms with Gasteiger partial charge in [-0.3, -0.25) is 10.1 Å². The van der Waals surface area contributed by atoms with Gasteiger partial charge >= 0.3 is 0 Å². The summed E-state index contributed by atoms with van der Waals surface area (Å²) in [5.41, 5.74) is 1.35. The van der Waals surface area contributed by atoms with Crippen LogP contribution >= 0.6 is 0 Å². The van der Waals surface area contributed by atoms with Crippen LogP contribution in [0, 0.1) is 16.0 Å². The third kappa shape index (κ3) is 8.16. The summed E-state index contributed by atoms with van der Waals surface area (Å²) in [7, 11) is 0. The lowest BCUT2D eigenvalue weighted by Gasteiger charge is -2.10. The van der Waals surface area contributed by atoms with E-state index in [-0.39, 0.29) is 4.92 Å². The highest BCUT2D eigenvalue weighted by molar-refractivity contribution is 4.92. The molecule has 3 heteroatoms. The van der Waals surface area contributed by atoms with Crippen molar-refractivity contribution in [1.82, 2.24) is 0 Å². The predicted molar refractivity (Wildman–Crippen MR) is 63.5 cm³/mol. The fraction of sp³-hybridized carbons (Fsp3) is 0.833. The van der Waals surface area contributed by atoms with E-state index in [1.165, 1.54) is 5.57 Å². The summed E-state index contributed by atoms with van der Waals surface area (Å²) in [6.07, 6.45) is 6.11. The van der Waals surface area contributed by atoms with E-state index in [1.54, 1.807) is 6.92 Å². The van der Waals surface area contributed by atoms with Crippen LogP contribution in [0.2, 0.25) is 0 Å². The van der Waals surface area contributed by atoms with E-state index in [2.05, 4.69) is 26.8 Å². The summed E-state index contributed by atoms with van der Waals surface area (Å²) < 4.78 is 0. The predicted octanol–water partition coefficient (Wildman–Crippen LogP) is 3.81. The van der Waals surface area contributed by atoms with E-state index in [9.17, 15) is 10.1 Å². The molecule has 0 saturated heterocycles. The normalized spacial score (nSPS) is 14.4. The Balaban J connectivity index is 3.62. The zero-order valence-corrected chi connectivity index (χ0v) is 10.3. The Labute approximate surface area is 92.7 Å². The van der Waals surface area contributed by atoms with Crippen LogP contribution < -0.4 is 0 Å². The maximum atomic E-state index is 10.4. The zero-order valence-electron chi connectivity index (χ0n) is 10.3. The van der Waals surface area contributed by atoms with Crippen molar-refractivity contribution in [2.45, 2.75) is 59.4 Å². The molecule has 3 nitrogen and oxygen atoms in total. The smallest absolute Gasteiger partial charge is 0.210 e. The minimum atomic E-state index is -0.393. The molecule has 0 bridgehead atoms. The molecule has 0 amide bonds. The van der Waals surface area contributed by atoms with Crippen LogP contribution in [0.5, 0.6) is 0 Å². The summed E-state index contributed by atoms with van der Waals surface area (Å²) in [4.78, 5) is 10.2. The third-order valence-corrected chi connectivity index (χ3v) is 2.65. The summed E-state index contributed by atoms with van der Waals surface area (Å²) in [6, 6.07) is -0.393. The monoisotopic (exact) mass is 213 g/mol. The summed E-state index contributed by atoms with van der Waals surface area (Å²) in [6.45, 7) is 8.05. The van der Waals surface area contributed by atoms with Crippen LogP contribution in [-0.4, -0.2) is 11.0 Å². The summed E-state index contributed by atoms with van der Waals surface area (Å²) in [5, 5.41) is 10.4. The first-order valence-corrected chi connectivity index (χ1v) is 5.70. The van der Waals surface area contributed by atoms with Crippen molar-refractivity contribution in [3.8, 4) is 0 Å². The lowest BCUT2D eigenvalue weighted by molar-refractivity contribution is -0.519. The minimum absolute atomic E-state index is 0.192. The van der Waals surface area contributed by atoms with Crippen LogP contribution in [0.15, 0.2) is 11.6 Å². The highest BCUT2D eigenvalue weighted by Crippen LogP contribution is 2.15. The topological polar surface area (TPSA) is 43.1 Å². The molecule has 0 fully saturated rings. The van der Waals surface area contributed by atoms with E-state index < -0.39 is 6.04 Å². The summed E-state index contributed by atoms with van der Waals surface area (Å²) in [5.74, 6) is 0.586. The second-order valence-corrected chi connectivity index (χ2v) is 4.68. The molecule has 0 aromatic carbocycles. The molecular weight excluding hydrogens is 190 g/mol. The standard InChI is InChI=1S/C12H23NO2/c1-10(2)6-5-7-11(3)8-9-12(4)13(14)15/h6,11-12H,5,7-9H2,1-4H3. The Bertz CT molecular complexity index is 220. The van der Waals surface area contributed by atoms with E-state index >= 15 is 0 Å². The van der Waals surface area contributed by atoms with Crippen LogP contribution in [0.4, 0.5) is 0 Å². The van der Waals surface area contributed by atoms with Crippen LogP contribution in [0.3, 0.4) is 0 Å². The Kier molecular flexibility index (Phi) is 7.01. The van der Waals surface area contributed by atoms with E-state index in [1.807, 2.05) is 0 Å². The average molecular weight is 213 g/mol. The molecule has 0 aliphatic carbocycles. The number of rotatable bonds is 7. The maximum absolute atomic E-state index is 10.4. The zero-order chi connectivity index (χ0) is 11.8. The molecule has 0 aromatic rings. The molecule has 2 unspecified atom stereocenters. The van der Waals surface area contributed by atoms with Gasteiger partial charge in [0.1, 0.15) is 0 Å². The quantitative estimate of drug-likeness (QED) is 0.366. The highest BCUT2D eigenvalue weighted by Gasteiger charge is 2.13. The second-order valence-electron chi connectivity index (χ2n) is 4.68. The highest BCUT2D eigenvalue weighted by atomic mass is 16.6. The molecule has 0 aliphatic rings. The third-order valence-electron chi connectivity index (χ3n) is 2.65. The van der Waals surface area contributed by atoms with Gasteiger partial charge in [-0.25, -0.2) is 0 Å². The molecule has 0 heterocycles. The van der Waals surface area contributed by atoms with Gasteiger partial charge < -0.3 is 0 Å². The van der Waals surface area contributed by atoms with E-state index in [0.29, 0.717) is 12.3 Å². The molecule has 88 valence electrons.